The highest BCUT2D eigenvalue weighted by molar-refractivity contribution is 7.17. The lowest BCUT2D eigenvalue weighted by Gasteiger charge is -2.14. The van der Waals surface area contributed by atoms with Crippen molar-refractivity contribution in [2.45, 2.75) is 5.88 Å². The second kappa shape index (κ2) is 7.11. The predicted octanol–water partition coefficient (Wildman–Crippen LogP) is 4.20. The van der Waals surface area contributed by atoms with Crippen LogP contribution in [0.25, 0.3) is 10.2 Å². The second-order valence-corrected chi connectivity index (χ2v) is 6.00. The molecule has 0 saturated carbocycles. The Morgan fingerprint density at radius 1 is 1.12 bits per heavy atom. The number of nitrogens with one attached hydrogen (secondary N) is 1. The van der Waals surface area contributed by atoms with Gasteiger partial charge in [-0.25, -0.2) is 9.97 Å². The Kier molecular flexibility index (Phi) is 4.92. The number of fused-ring (bicyclic) bond motifs is 1. The molecule has 0 unspecified atom stereocenters. The topological polar surface area (TPSA) is 65.5 Å². The summed E-state index contributed by atoms with van der Waals surface area (Å²) in [7, 11) is 4.74. The summed E-state index contributed by atoms with van der Waals surface area (Å²) >= 11 is 7.39. The third-order valence-electron chi connectivity index (χ3n) is 3.43. The molecule has 1 aromatic carbocycles. The number of ether oxygens (including phenoxy) is 3. The van der Waals surface area contributed by atoms with E-state index in [0.717, 1.165) is 21.6 Å². The van der Waals surface area contributed by atoms with Gasteiger partial charge in [-0.15, -0.1) is 22.9 Å². The summed E-state index contributed by atoms with van der Waals surface area (Å²) in [6.07, 6.45) is 1.78. The van der Waals surface area contributed by atoms with Gasteiger partial charge in [0.25, 0.3) is 0 Å². The van der Waals surface area contributed by atoms with Crippen molar-refractivity contribution in [1.82, 2.24) is 9.97 Å². The highest BCUT2D eigenvalue weighted by Gasteiger charge is 2.15. The summed E-state index contributed by atoms with van der Waals surface area (Å²) in [6, 6.07) is 3.68. The van der Waals surface area contributed by atoms with Crippen LogP contribution in [-0.4, -0.2) is 31.3 Å². The van der Waals surface area contributed by atoms with Crippen LogP contribution < -0.4 is 19.5 Å². The maximum Gasteiger partial charge on any atom is 0.203 e. The SMILES string of the molecule is COc1cc(Nc2csc3cnc(CCl)nc23)cc(OC)c1OC. The zero-order valence-electron chi connectivity index (χ0n) is 13.4. The Hall–Kier alpha value is -2.25. The number of anilines is 2. The molecule has 2 aromatic heterocycles. The molecule has 3 rings (SSSR count). The van der Waals surface area contributed by atoms with Gasteiger partial charge in [0.15, 0.2) is 11.5 Å². The van der Waals surface area contributed by atoms with E-state index in [2.05, 4.69) is 15.3 Å². The molecule has 0 radical (unpaired) electrons. The molecule has 24 heavy (non-hydrogen) atoms. The summed E-state index contributed by atoms with van der Waals surface area (Å²) in [5, 5.41) is 5.33. The van der Waals surface area contributed by atoms with Crippen LogP contribution in [0.2, 0.25) is 0 Å². The van der Waals surface area contributed by atoms with Gasteiger partial charge in [0.1, 0.15) is 11.3 Å². The summed E-state index contributed by atoms with van der Waals surface area (Å²) in [6.45, 7) is 0. The summed E-state index contributed by atoms with van der Waals surface area (Å²) < 4.78 is 17.1. The first kappa shape index (κ1) is 16.6. The van der Waals surface area contributed by atoms with E-state index in [4.69, 9.17) is 25.8 Å². The Balaban J connectivity index is 2.02. The molecular weight excluding hydrogens is 350 g/mol. The van der Waals surface area contributed by atoms with Crippen molar-refractivity contribution in [3.63, 3.8) is 0 Å². The van der Waals surface area contributed by atoms with Gasteiger partial charge in [-0.05, 0) is 0 Å². The maximum absolute atomic E-state index is 5.83. The van der Waals surface area contributed by atoms with Crippen molar-refractivity contribution in [1.29, 1.82) is 0 Å². The molecule has 8 heteroatoms. The van der Waals surface area contributed by atoms with Crippen LogP contribution in [0.15, 0.2) is 23.7 Å². The third-order valence-corrected chi connectivity index (χ3v) is 4.57. The molecule has 0 aliphatic rings. The van der Waals surface area contributed by atoms with E-state index in [9.17, 15) is 0 Å². The van der Waals surface area contributed by atoms with Crippen LogP contribution in [0.3, 0.4) is 0 Å². The second-order valence-electron chi connectivity index (χ2n) is 4.82. The zero-order chi connectivity index (χ0) is 17.1. The summed E-state index contributed by atoms with van der Waals surface area (Å²) in [4.78, 5) is 8.69. The standard InChI is InChI=1S/C16H16ClN3O3S/c1-21-11-4-9(5-12(22-2)16(11)23-3)19-10-8-24-13-7-18-14(6-17)20-15(10)13/h4-5,7-8,19H,6H2,1-3H3. The van der Waals surface area contributed by atoms with Crippen molar-refractivity contribution in [2.24, 2.45) is 0 Å². The molecule has 126 valence electrons. The summed E-state index contributed by atoms with van der Waals surface area (Å²) in [5.74, 6) is 2.57. The summed E-state index contributed by atoms with van der Waals surface area (Å²) in [5.41, 5.74) is 2.51. The number of rotatable bonds is 6. The van der Waals surface area contributed by atoms with Gasteiger partial charge in [-0.1, -0.05) is 0 Å². The number of aromatic nitrogens is 2. The van der Waals surface area contributed by atoms with E-state index in [0.29, 0.717) is 23.1 Å². The Morgan fingerprint density at radius 3 is 2.42 bits per heavy atom. The van der Waals surface area contributed by atoms with Crippen molar-refractivity contribution in [3.8, 4) is 17.2 Å². The molecule has 0 fully saturated rings. The molecule has 0 atom stereocenters. The number of halogens is 1. The van der Waals surface area contributed by atoms with Crippen LogP contribution in [0.5, 0.6) is 17.2 Å². The average molecular weight is 366 g/mol. The lowest BCUT2D eigenvalue weighted by Crippen LogP contribution is -1.98. The Labute approximate surface area is 148 Å². The maximum atomic E-state index is 5.83. The van der Waals surface area contributed by atoms with Crippen LogP contribution in [0.4, 0.5) is 11.4 Å². The molecular formula is C16H16ClN3O3S. The molecule has 0 saturated heterocycles. The van der Waals surface area contributed by atoms with Crippen LogP contribution >= 0.6 is 22.9 Å². The van der Waals surface area contributed by atoms with Gasteiger partial charge >= 0.3 is 0 Å². The van der Waals surface area contributed by atoms with E-state index in [1.54, 1.807) is 38.9 Å². The van der Waals surface area contributed by atoms with Crippen molar-refractivity contribution in [3.05, 3.63) is 29.5 Å². The van der Waals surface area contributed by atoms with Gasteiger partial charge < -0.3 is 19.5 Å². The molecule has 2 heterocycles. The molecule has 0 spiro atoms. The molecule has 1 N–H and O–H groups in total. The number of thiophene rings is 1. The van der Waals surface area contributed by atoms with Crippen LogP contribution in [-0.2, 0) is 5.88 Å². The number of hydrogen-bond donors (Lipinski definition) is 1. The van der Waals surface area contributed by atoms with Crippen molar-refractivity contribution >= 4 is 44.5 Å². The zero-order valence-corrected chi connectivity index (χ0v) is 15.0. The van der Waals surface area contributed by atoms with Gasteiger partial charge in [-0.3, -0.25) is 0 Å². The van der Waals surface area contributed by atoms with E-state index in [1.807, 2.05) is 17.5 Å². The lowest BCUT2D eigenvalue weighted by molar-refractivity contribution is 0.324. The smallest absolute Gasteiger partial charge is 0.203 e. The number of nitrogens with zero attached hydrogens (tertiary/aromatic N) is 2. The number of methoxy groups -OCH3 is 3. The van der Waals surface area contributed by atoms with Gasteiger partial charge in [-0.2, -0.15) is 0 Å². The lowest BCUT2D eigenvalue weighted by atomic mass is 10.2. The first-order valence-corrected chi connectivity index (χ1v) is 8.47. The fraction of sp³-hybridized carbons (Fsp3) is 0.250. The fourth-order valence-corrected chi connectivity index (χ4v) is 3.25. The Bertz CT molecular complexity index is 844. The fourth-order valence-electron chi connectivity index (χ4n) is 2.33. The van der Waals surface area contributed by atoms with Gasteiger partial charge in [0, 0.05) is 29.4 Å². The van der Waals surface area contributed by atoms with E-state index in [1.165, 1.54) is 0 Å². The van der Waals surface area contributed by atoms with Gasteiger partial charge in [0.05, 0.1) is 37.6 Å². The van der Waals surface area contributed by atoms with E-state index < -0.39 is 0 Å². The van der Waals surface area contributed by atoms with Crippen LogP contribution in [0, 0.1) is 0 Å². The molecule has 0 aliphatic heterocycles. The largest absolute Gasteiger partial charge is 0.493 e. The number of hydrogen-bond acceptors (Lipinski definition) is 7. The third kappa shape index (κ3) is 3.05. The van der Waals surface area contributed by atoms with Crippen molar-refractivity contribution < 1.29 is 14.2 Å². The Morgan fingerprint density at radius 2 is 1.83 bits per heavy atom. The minimum absolute atomic E-state index is 0.273. The molecule has 6 nitrogen and oxygen atoms in total. The van der Waals surface area contributed by atoms with Crippen LogP contribution in [0.1, 0.15) is 5.82 Å². The normalized spacial score (nSPS) is 10.7. The highest BCUT2D eigenvalue weighted by atomic mass is 35.5. The molecule has 0 amide bonds. The van der Waals surface area contributed by atoms with E-state index in [-0.39, 0.29) is 5.88 Å². The monoisotopic (exact) mass is 365 g/mol. The highest BCUT2D eigenvalue weighted by Crippen LogP contribution is 2.41. The molecule has 0 aliphatic carbocycles. The first-order valence-electron chi connectivity index (χ1n) is 7.06. The predicted molar refractivity (Wildman–Crippen MR) is 96.4 cm³/mol. The molecule has 0 bridgehead atoms. The minimum atomic E-state index is 0.273. The average Bonchev–Trinajstić information content (AvgIpc) is 3.02. The molecule has 3 aromatic rings. The number of alkyl halides is 1. The quantitative estimate of drug-likeness (QED) is 0.660. The van der Waals surface area contributed by atoms with Crippen molar-refractivity contribution in [2.75, 3.05) is 26.6 Å². The first-order chi connectivity index (χ1) is 11.7. The van der Waals surface area contributed by atoms with Gasteiger partial charge in [0.2, 0.25) is 5.75 Å². The number of benzene rings is 1. The van der Waals surface area contributed by atoms with E-state index >= 15 is 0 Å². The minimum Gasteiger partial charge on any atom is -0.493 e.